The maximum Gasteiger partial charge on any atom is 0.338 e. The summed E-state index contributed by atoms with van der Waals surface area (Å²) in [5.74, 6) is 1.14. The Morgan fingerprint density at radius 1 is 1.24 bits per heavy atom. The van der Waals surface area contributed by atoms with Gasteiger partial charge < -0.3 is 10.2 Å². The number of primary amides is 1. The van der Waals surface area contributed by atoms with Crippen molar-refractivity contribution in [3.63, 3.8) is 0 Å². The van der Waals surface area contributed by atoms with Crippen LogP contribution in [0.25, 0.3) is 11.3 Å². The Bertz CT molecular complexity index is 507. The Balaban J connectivity index is 2.14. The van der Waals surface area contributed by atoms with E-state index in [1.165, 1.54) is 0 Å². The van der Waals surface area contributed by atoms with E-state index >= 15 is 0 Å². The SMILES string of the molecule is NC(=O)N(O)Cc1ccc(-c2ccccc2)o1. The van der Waals surface area contributed by atoms with Gasteiger partial charge >= 0.3 is 6.03 Å². The Morgan fingerprint density at radius 2 is 1.94 bits per heavy atom. The summed E-state index contributed by atoms with van der Waals surface area (Å²) in [7, 11) is 0. The lowest BCUT2D eigenvalue weighted by atomic mass is 10.2. The first-order valence-corrected chi connectivity index (χ1v) is 5.07. The van der Waals surface area contributed by atoms with Crippen LogP contribution in [-0.4, -0.2) is 16.3 Å². The fourth-order valence-electron chi connectivity index (χ4n) is 1.45. The predicted molar refractivity (Wildman–Crippen MR) is 61.1 cm³/mol. The average Bonchev–Trinajstić information content (AvgIpc) is 2.78. The van der Waals surface area contributed by atoms with Crippen LogP contribution in [0.3, 0.4) is 0 Å². The third-order valence-electron chi connectivity index (χ3n) is 2.28. The van der Waals surface area contributed by atoms with Crippen molar-refractivity contribution in [3.8, 4) is 11.3 Å². The highest BCUT2D eigenvalue weighted by atomic mass is 16.5. The molecule has 0 spiro atoms. The number of carbonyl (C=O) groups is 1. The lowest BCUT2D eigenvalue weighted by Gasteiger charge is -2.08. The van der Waals surface area contributed by atoms with E-state index in [-0.39, 0.29) is 6.54 Å². The topological polar surface area (TPSA) is 79.7 Å². The predicted octanol–water partition coefficient (Wildman–Crippen LogP) is 2.22. The number of urea groups is 1. The molecule has 2 amide bonds. The standard InChI is InChI=1S/C12H12N2O3/c13-12(15)14(16)8-10-6-7-11(17-10)9-4-2-1-3-5-9/h1-7,16H,8H2,(H2,13,15). The summed E-state index contributed by atoms with van der Waals surface area (Å²) >= 11 is 0. The van der Waals surface area contributed by atoms with Gasteiger partial charge in [0.15, 0.2) is 0 Å². The highest BCUT2D eigenvalue weighted by Crippen LogP contribution is 2.22. The van der Waals surface area contributed by atoms with Crippen molar-refractivity contribution in [1.29, 1.82) is 0 Å². The van der Waals surface area contributed by atoms with Crippen LogP contribution in [0.2, 0.25) is 0 Å². The summed E-state index contributed by atoms with van der Waals surface area (Å²) in [6.07, 6.45) is 0. The molecule has 0 fully saturated rings. The first-order chi connectivity index (χ1) is 8.16. The minimum atomic E-state index is -0.914. The number of amides is 2. The average molecular weight is 232 g/mol. The smallest absolute Gasteiger partial charge is 0.338 e. The molecule has 0 bridgehead atoms. The molecule has 17 heavy (non-hydrogen) atoms. The van der Waals surface area contributed by atoms with E-state index in [1.54, 1.807) is 12.1 Å². The number of benzene rings is 1. The zero-order valence-electron chi connectivity index (χ0n) is 9.04. The molecule has 1 heterocycles. The number of nitrogens with zero attached hydrogens (tertiary/aromatic N) is 1. The maximum absolute atomic E-state index is 10.6. The van der Waals surface area contributed by atoms with Crippen molar-refractivity contribution in [2.75, 3.05) is 0 Å². The number of hydrogen-bond acceptors (Lipinski definition) is 3. The second-order valence-corrected chi connectivity index (χ2v) is 3.53. The van der Waals surface area contributed by atoms with Crippen LogP contribution in [0.4, 0.5) is 4.79 Å². The van der Waals surface area contributed by atoms with Crippen molar-refractivity contribution in [2.24, 2.45) is 5.73 Å². The van der Waals surface area contributed by atoms with Gasteiger partial charge in [0, 0.05) is 5.56 Å². The van der Waals surface area contributed by atoms with Crippen LogP contribution in [0.15, 0.2) is 46.9 Å². The van der Waals surface area contributed by atoms with Crippen LogP contribution in [-0.2, 0) is 6.54 Å². The van der Waals surface area contributed by atoms with E-state index in [1.807, 2.05) is 30.3 Å². The summed E-state index contributed by atoms with van der Waals surface area (Å²) in [5, 5.41) is 9.55. The van der Waals surface area contributed by atoms with Gasteiger partial charge in [-0.2, -0.15) is 5.06 Å². The first kappa shape index (κ1) is 11.2. The normalized spacial score (nSPS) is 10.2. The van der Waals surface area contributed by atoms with Gasteiger partial charge in [0.25, 0.3) is 0 Å². The molecule has 0 aliphatic heterocycles. The van der Waals surface area contributed by atoms with Gasteiger partial charge in [-0.1, -0.05) is 30.3 Å². The Labute approximate surface area is 98.0 Å². The molecule has 5 nitrogen and oxygen atoms in total. The van der Waals surface area contributed by atoms with Gasteiger partial charge in [-0.3, -0.25) is 5.21 Å². The molecule has 0 aliphatic carbocycles. The summed E-state index contributed by atoms with van der Waals surface area (Å²) in [5.41, 5.74) is 5.83. The zero-order chi connectivity index (χ0) is 12.3. The second kappa shape index (κ2) is 4.71. The van der Waals surface area contributed by atoms with Crippen LogP contribution in [0, 0.1) is 0 Å². The zero-order valence-corrected chi connectivity index (χ0v) is 9.04. The molecule has 2 aromatic rings. The molecule has 0 atom stereocenters. The lowest BCUT2D eigenvalue weighted by molar-refractivity contribution is -0.0511. The van der Waals surface area contributed by atoms with Crippen LogP contribution >= 0.6 is 0 Å². The number of nitrogens with two attached hydrogens (primary N) is 1. The molecule has 88 valence electrons. The number of carbonyl (C=O) groups excluding carboxylic acids is 1. The third-order valence-corrected chi connectivity index (χ3v) is 2.28. The second-order valence-electron chi connectivity index (χ2n) is 3.53. The molecule has 0 saturated heterocycles. The molecular formula is C12H12N2O3. The summed E-state index contributed by atoms with van der Waals surface area (Å²) in [4.78, 5) is 10.6. The fourth-order valence-corrected chi connectivity index (χ4v) is 1.45. The van der Waals surface area contributed by atoms with E-state index in [9.17, 15) is 4.79 Å². The quantitative estimate of drug-likeness (QED) is 0.629. The molecule has 1 aromatic heterocycles. The van der Waals surface area contributed by atoms with Crippen LogP contribution < -0.4 is 5.73 Å². The van der Waals surface area contributed by atoms with E-state index in [0.29, 0.717) is 16.6 Å². The lowest BCUT2D eigenvalue weighted by Crippen LogP contribution is -2.31. The van der Waals surface area contributed by atoms with E-state index in [0.717, 1.165) is 5.56 Å². The van der Waals surface area contributed by atoms with Crippen molar-refractivity contribution in [3.05, 3.63) is 48.2 Å². The first-order valence-electron chi connectivity index (χ1n) is 5.07. The molecule has 3 N–H and O–H groups in total. The number of hydrogen-bond donors (Lipinski definition) is 2. The molecule has 0 aliphatic rings. The summed E-state index contributed by atoms with van der Waals surface area (Å²) in [6.45, 7) is -0.0673. The number of hydroxylamine groups is 2. The molecule has 0 saturated carbocycles. The van der Waals surface area contributed by atoms with Gasteiger partial charge in [0.1, 0.15) is 18.1 Å². The molecule has 5 heteroatoms. The molecular weight excluding hydrogens is 220 g/mol. The Kier molecular flexibility index (Phi) is 3.11. The largest absolute Gasteiger partial charge is 0.459 e. The van der Waals surface area contributed by atoms with Gasteiger partial charge in [-0.05, 0) is 12.1 Å². The van der Waals surface area contributed by atoms with Crippen molar-refractivity contribution >= 4 is 6.03 Å². The van der Waals surface area contributed by atoms with Gasteiger partial charge in [-0.15, -0.1) is 0 Å². The highest BCUT2D eigenvalue weighted by Gasteiger charge is 2.10. The number of rotatable bonds is 3. The van der Waals surface area contributed by atoms with Gasteiger partial charge in [0.2, 0.25) is 0 Å². The van der Waals surface area contributed by atoms with Crippen molar-refractivity contribution in [1.82, 2.24) is 5.06 Å². The minimum Gasteiger partial charge on any atom is -0.459 e. The monoisotopic (exact) mass is 232 g/mol. The van der Waals surface area contributed by atoms with Gasteiger partial charge in [-0.25, -0.2) is 4.79 Å². The van der Waals surface area contributed by atoms with Crippen LogP contribution in [0.1, 0.15) is 5.76 Å². The van der Waals surface area contributed by atoms with Crippen molar-refractivity contribution < 1.29 is 14.4 Å². The molecule has 1 aromatic carbocycles. The van der Waals surface area contributed by atoms with E-state index in [4.69, 9.17) is 15.4 Å². The van der Waals surface area contributed by atoms with Crippen LogP contribution in [0.5, 0.6) is 0 Å². The highest BCUT2D eigenvalue weighted by molar-refractivity contribution is 5.70. The molecule has 2 rings (SSSR count). The minimum absolute atomic E-state index is 0.0673. The van der Waals surface area contributed by atoms with Crippen molar-refractivity contribution in [2.45, 2.75) is 6.54 Å². The summed E-state index contributed by atoms with van der Waals surface area (Å²) in [6, 6.07) is 12.1. The summed E-state index contributed by atoms with van der Waals surface area (Å²) < 4.78 is 5.48. The maximum atomic E-state index is 10.6. The third kappa shape index (κ3) is 2.64. The Morgan fingerprint density at radius 3 is 2.59 bits per heavy atom. The molecule has 0 radical (unpaired) electrons. The fraction of sp³-hybridized carbons (Fsp3) is 0.0833. The number of furan rings is 1. The van der Waals surface area contributed by atoms with Gasteiger partial charge in [0.05, 0.1) is 0 Å². The van der Waals surface area contributed by atoms with E-state index in [2.05, 4.69) is 0 Å². The Hall–Kier alpha value is -2.27. The molecule has 0 unspecified atom stereocenters. The van der Waals surface area contributed by atoms with E-state index < -0.39 is 6.03 Å².